The van der Waals surface area contributed by atoms with Gasteiger partial charge in [0.15, 0.2) is 0 Å². The number of hydrogen-bond donors (Lipinski definition) is 0. The van der Waals surface area contributed by atoms with Gasteiger partial charge < -0.3 is 8.98 Å². The number of halogens is 1. The Morgan fingerprint density at radius 3 is 2.44 bits per heavy atom. The van der Waals surface area contributed by atoms with Crippen LogP contribution in [0.3, 0.4) is 0 Å². The molecule has 0 amide bonds. The molecule has 0 saturated heterocycles. The summed E-state index contributed by atoms with van der Waals surface area (Å²) >= 11 is 3.75. The fraction of sp³-hybridized carbons (Fsp3) is 0.0909. The first kappa shape index (κ1) is 20.4. The van der Waals surface area contributed by atoms with E-state index in [1.54, 1.807) is 0 Å². The second kappa shape index (κ2) is 6.89. The highest BCUT2D eigenvalue weighted by Gasteiger charge is 2.37. The molecule has 1 aliphatic carbocycles. The van der Waals surface area contributed by atoms with E-state index in [-0.39, 0.29) is 5.41 Å². The molecule has 0 saturated carbocycles. The van der Waals surface area contributed by atoms with Crippen molar-refractivity contribution in [3.8, 4) is 16.8 Å². The van der Waals surface area contributed by atoms with Crippen molar-refractivity contribution in [3.63, 3.8) is 0 Å². The molecule has 0 radical (unpaired) electrons. The quantitative estimate of drug-likeness (QED) is 0.207. The second-order valence-electron chi connectivity index (χ2n) is 10.3. The van der Waals surface area contributed by atoms with Crippen LogP contribution in [0, 0.1) is 0 Å². The molecule has 1 aliphatic rings. The Morgan fingerprint density at radius 1 is 0.694 bits per heavy atom. The van der Waals surface area contributed by atoms with E-state index in [0.29, 0.717) is 0 Å². The van der Waals surface area contributed by atoms with Crippen molar-refractivity contribution < 1.29 is 4.42 Å². The highest BCUT2D eigenvalue weighted by molar-refractivity contribution is 9.10. The molecule has 3 heteroatoms. The van der Waals surface area contributed by atoms with Crippen molar-refractivity contribution in [2.45, 2.75) is 19.3 Å². The van der Waals surface area contributed by atoms with Crippen LogP contribution in [-0.4, -0.2) is 4.57 Å². The van der Waals surface area contributed by atoms with Crippen molar-refractivity contribution in [1.29, 1.82) is 0 Å². The normalized spacial score (nSPS) is 14.2. The maximum Gasteiger partial charge on any atom is 0.136 e. The van der Waals surface area contributed by atoms with E-state index in [4.69, 9.17) is 4.42 Å². The largest absolute Gasteiger partial charge is 0.456 e. The first-order valence-corrected chi connectivity index (χ1v) is 13.1. The fourth-order valence-electron chi connectivity index (χ4n) is 6.42. The minimum atomic E-state index is -0.0447. The number of benzene rings is 5. The fourth-order valence-corrected chi connectivity index (χ4v) is 6.98. The monoisotopic (exact) mass is 527 g/mol. The average molecular weight is 528 g/mol. The van der Waals surface area contributed by atoms with Gasteiger partial charge in [-0.1, -0.05) is 90.4 Å². The summed E-state index contributed by atoms with van der Waals surface area (Å²) in [5, 5.41) is 4.80. The lowest BCUT2D eigenvalue weighted by molar-refractivity contribution is 0.661. The SMILES string of the molecule is CC1(C)c2ccccc2-c2c1ccc1c3ccccc3n(-c3ccc4oc5cccc(Br)c5c4c3)c21. The van der Waals surface area contributed by atoms with E-state index in [2.05, 4.69) is 119 Å². The van der Waals surface area contributed by atoms with Crippen LogP contribution in [-0.2, 0) is 5.41 Å². The van der Waals surface area contributed by atoms with Crippen molar-refractivity contribution in [1.82, 2.24) is 4.57 Å². The zero-order valence-corrected chi connectivity index (χ0v) is 21.6. The lowest BCUT2D eigenvalue weighted by Gasteiger charge is -2.21. The molecule has 0 unspecified atom stereocenters. The van der Waals surface area contributed by atoms with Crippen LogP contribution in [0.25, 0.3) is 60.6 Å². The maximum absolute atomic E-state index is 6.19. The number of rotatable bonds is 1. The van der Waals surface area contributed by atoms with E-state index in [9.17, 15) is 0 Å². The number of para-hydroxylation sites is 1. The molecular formula is C33H22BrNO. The van der Waals surface area contributed by atoms with Crippen molar-refractivity contribution in [2.75, 3.05) is 0 Å². The van der Waals surface area contributed by atoms with Gasteiger partial charge in [0.1, 0.15) is 11.2 Å². The molecule has 7 aromatic rings. The number of hydrogen-bond acceptors (Lipinski definition) is 1. The van der Waals surface area contributed by atoms with Crippen molar-refractivity contribution >= 4 is 59.7 Å². The minimum absolute atomic E-state index is 0.0447. The highest BCUT2D eigenvalue weighted by Crippen LogP contribution is 2.52. The molecule has 0 aliphatic heterocycles. The molecule has 172 valence electrons. The molecule has 2 heterocycles. The second-order valence-corrected chi connectivity index (χ2v) is 11.2. The van der Waals surface area contributed by atoms with Gasteiger partial charge in [0.05, 0.1) is 11.0 Å². The summed E-state index contributed by atoms with van der Waals surface area (Å²) in [5.74, 6) is 0. The van der Waals surface area contributed by atoms with Gasteiger partial charge in [0, 0.05) is 42.7 Å². The van der Waals surface area contributed by atoms with E-state index in [0.717, 1.165) is 32.1 Å². The molecule has 8 rings (SSSR count). The van der Waals surface area contributed by atoms with Crippen molar-refractivity contribution in [2.24, 2.45) is 0 Å². The third kappa shape index (κ3) is 2.46. The molecule has 0 atom stereocenters. The van der Waals surface area contributed by atoms with Crippen LogP contribution < -0.4 is 0 Å². The van der Waals surface area contributed by atoms with Gasteiger partial charge in [0.2, 0.25) is 0 Å². The topological polar surface area (TPSA) is 18.1 Å². The average Bonchev–Trinajstić information content (AvgIpc) is 3.51. The van der Waals surface area contributed by atoms with E-state index in [1.807, 2.05) is 12.1 Å². The van der Waals surface area contributed by atoms with Crippen LogP contribution in [0.5, 0.6) is 0 Å². The van der Waals surface area contributed by atoms with Crippen molar-refractivity contribution in [3.05, 3.63) is 113 Å². The number of nitrogens with zero attached hydrogens (tertiary/aromatic N) is 1. The molecule has 0 fully saturated rings. The van der Waals surface area contributed by atoms with Crippen LogP contribution in [0.2, 0.25) is 0 Å². The minimum Gasteiger partial charge on any atom is -0.456 e. The lowest BCUT2D eigenvalue weighted by atomic mass is 9.82. The first-order chi connectivity index (χ1) is 17.5. The molecule has 2 nitrogen and oxygen atoms in total. The molecule has 36 heavy (non-hydrogen) atoms. The van der Waals surface area contributed by atoms with E-state index in [1.165, 1.54) is 44.1 Å². The summed E-state index contributed by atoms with van der Waals surface area (Å²) in [6.45, 7) is 4.69. The Morgan fingerprint density at radius 2 is 1.53 bits per heavy atom. The first-order valence-electron chi connectivity index (χ1n) is 12.3. The third-order valence-corrected chi connectivity index (χ3v) is 8.73. The lowest BCUT2D eigenvalue weighted by Crippen LogP contribution is -2.14. The highest BCUT2D eigenvalue weighted by atomic mass is 79.9. The Bertz CT molecular complexity index is 2040. The van der Waals surface area contributed by atoms with Crippen LogP contribution >= 0.6 is 15.9 Å². The van der Waals surface area contributed by atoms with Crippen LogP contribution in [0.4, 0.5) is 0 Å². The van der Waals surface area contributed by atoms with Crippen LogP contribution in [0.15, 0.2) is 106 Å². The Balaban J connectivity index is 1.56. The number of aromatic nitrogens is 1. The van der Waals surface area contributed by atoms with Gasteiger partial charge in [-0.15, -0.1) is 0 Å². The third-order valence-electron chi connectivity index (χ3n) is 8.07. The Hall–Kier alpha value is -3.82. The molecule has 0 spiro atoms. The van der Waals surface area contributed by atoms with Gasteiger partial charge in [-0.05, 0) is 53.1 Å². The summed E-state index contributed by atoms with van der Waals surface area (Å²) in [6, 6.07) is 35.0. The molecule has 0 bridgehead atoms. The molecule has 0 N–H and O–H groups in total. The zero-order chi connectivity index (χ0) is 24.2. The van der Waals surface area contributed by atoms with Crippen LogP contribution in [0.1, 0.15) is 25.0 Å². The van der Waals surface area contributed by atoms with Gasteiger partial charge >= 0.3 is 0 Å². The van der Waals surface area contributed by atoms with Gasteiger partial charge in [-0.25, -0.2) is 0 Å². The predicted molar refractivity (Wildman–Crippen MR) is 153 cm³/mol. The van der Waals surface area contributed by atoms with Gasteiger partial charge in [-0.2, -0.15) is 0 Å². The summed E-state index contributed by atoms with van der Waals surface area (Å²) in [4.78, 5) is 0. The smallest absolute Gasteiger partial charge is 0.136 e. The summed E-state index contributed by atoms with van der Waals surface area (Å²) < 4.78 is 9.69. The number of fused-ring (bicyclic) bond motifs is 10. The van der Waals surface area contributed by atoms with Gasteiger partial charge in [0.25, 0.3) is 0 Å². The van der Waals surface area contributed by atoms with Gasteiger partial charge in [-0.3, -0.25) is 0 Å². The predicted octanol–water partition coefficient (Wildman–Crippen LogP) is 9.75. The van der Waals surface area contributed by atoms with E-state index < -0.39 is 0 Å². The summed E-state index contributed by atoms with van der Waals surface area (Å²) in [7, 11) is 0. The zero-order valence-electron chi connectivity index (χ0n) is 20.0. The van der Waals surface area contributed by atoms with E-state index >= 15 is 0 Å². The Kier molecular flexibility index (Phi) is 3.90. The number of furan rings is 1. The molecular weight excluding hydrogens is 506 g/mol. The molecule has 5 aromatic carbocycles. The molecule has 2 aromatic heterocycles. The maximum atomic E-state index is 6.19. The Labute approximate surface area is 216 Å². The standard InChI is InChI=1S/C33H22BrNO/c1-33(2)24-10-5-3-9-22(24)30-25(33)16-15-21-20-8-4-6-12-27(20)35(32(21)30)19-14-17-28-23(18-19)31-26(34)11-7-13-29(31)36-28/h3-18H,1-2H3. The summed E-state index contributed by atoms with van der Waals surface area (Å²) in [5.41, 5.74) is 10.9. The summed E-state index contributed by atoms with van der Waals surface area (Å²) in [6.07, 6.45) is 0.